The number of ether oxygens (including phenoxy) is 2. The SMILES string of the molecule is CC(C)C1=C(c2cc(N3CCOCC3)c3ncnn3c2)NC2=CC=C(C3CCN(C4COC4)CC3)CC21C. The Morgan fingerprint density at radius 1 is 1.05 bits per heavy atom. The summed E-state index contributed by atoms with van der Waals surface area (Å²) in [5, 5.41) is 8.44. The van der Waals surface area contributed by atoms with Crippen LogP contribution in [-0.4, -0.2) is 78.1 Å². The van der Waals surface area contributed by atoms with Crippen LogP contribution in [0.1, 0.15) is 45.6 Å². The minimum absolute atomic E-state index is 0.0109. The molecule has 1 unspecified atom stereocenters. The van der Waals surface area contributed by atoms with Crippen LogP contribution in [0.5, 0.6) is 0 Å². The molecule has 0 saturated carbocycles. The fourth-order valence-electron chi connectivity index (χ4n) is 7.42. The van der Waals surface area contributed by atoms with Crippen molar-refractivity contribution < 1.29 is 9.47 Å². The molecular formula is C30H40N6O2. The molecule has 8 nitrogen and oxygen atoms in total. The number of allylic oxidation sites excluding steroid dienone is 4. The lowest BCUT2D eigenvalue weighted by Crippen LogP contribution is -2.52. The molecular weight excluding hydrogens is 476 g/mol. The summed E-state index contributed by atoms with van der Waals surface area (Å²) < 4.78 is 13.0. The first-order valence-electron chi connectivity index (χ1n) is 14.4. The molecule has 0 amide bonds. The molecule has 202 valence electrons. The second-order valence-corrected chi connectivity index (χ2v) is 12.1. The van der Waals surface area contributed by atoms with Crippen LogP contribution in [0.4, 0.5) is 5.69 Å². The van der Waals surface area contributed by atoms with Crippen molar-refractivity contribution in [1.29, 1.82) is 0 Å². The van der Waals surface area contributed by atoms with Crippen molar-refractivity contribution in [3.05, 3.63) is 53.1 Å². The van der Waals surface area contributed by atoms with Gasteiger partial charge >= 0.3 is 0 Å². The first-order valence-corrected chi connectivity index (χ1v) is 14.4. The monoisotopic (exact) mass is 516 g/mol. The topological polar surface area (TPSA) is 67.2 Å². The summed E-state index contributed by atoms with van der Waals surface area (Å²) in [4.78, 5) is 9.62. The second kappa shape index (κ2) is 9.50. The summed E-state index contributed by atoms with van der Waals surface area (Å²) >= 11 is 0. The highest BCUT2D eigenvalue weighted by Crippen LogP contribution is 2.54. The number of fused-ring (bicyclic) bond motifs is 2. The van der Waals surface area contributed by atoms with Gasteiger partial charge in [-0.15, -0.1) is 0 Å². The van der Waals surface area contributed by atoms with Gasteiger partial charge in [-0.05, 0) is 68.8 Å². The third-order valence-electron chi connectivity index (χ3n) is 9.50. The zero-order chi connectivity index (χ0) is 25.9. The summed E-state index contributed by atoms with van der Waals surface area (Å²) in [5.41, 5.74) is 8.92. The van der Waals surface area contributed by atoms with Gasteiger partial charge in [0.25, 0.3) is 0 Å². The van der Waals surface area contributed by atoms with Crippen LogP contribution in [0.15, 0.2) is 47.6 Å². The highest BCUT2D eigenvalue weighted by atomic mass is 16.5. The van der Waals surface area contributed by atoms with E-state index in [9.17, 15) is 0 Å². The molecule has 2 aromatic rings. The molecule has 1 aliphatic carbocycles. The number of hydrogen-bond donors (Lipinski definition) is 1. The van der Waals surface area contributed by atoms with Gasteiger partial charge < -0.3 is 19.7 Å². The zero-order valence-corrected chi connectivity index (χ0v) is 22.9. The molecule has 1 atom stereocenters. The predicted molar refractivity (Wildman–Crippen MR) is 149 cm³/mol. The van der Waals surface area contributed by atoms with Crippen molar-refractivity contribution in [2.75, 3.05) is 57.5 Å². The van der Waals surface area contributed by atoms with E-state index in [0.29, 0.717) is 17.9 Å². The zero-order valence-electron chi connectivity index (χ0n) is 22.9. The van der Waals surface area contributed by atoms with Gasteiger partial charge in [-0.3, -0.25) is 4.90 Å². The minimum atomic E-state index is -0.0109. The van der Waals surface area contributed by atoms with Gasteiger partial charge in [-0.1, -0.05) is 25.5 Å². The molecule has 0 radical (unpaired) electrons. The fourth-order valence-corrected chi connectivity index (χ4v) is 7.42. The molecule has 38 heavy (non-hydrogen) atoms. The van der Waals surface area contributed by atoms with E-state index in [4.69, 9.17) is 9.47 Å². The van der Waals surface area contributed by atoms with E-state index in [-0.39, 0.29) is 5.41 Å². The third-order valence-corrected chi connectivity index (χ3v) is 9.50. The van der Waals surface area contributed by atoms with E-state index in [1.54, 1.807) is 11.9 Å². The van der Waals surface area contributed by atoms with Gasteiger partial charge in [0.15, 0.2) is 5.65 Å². The molecule has 3 saturated heterocycles. The van der Waals surface area contributed by atoms with Gasteiger partial charge in [-0.25, -0.2) is 9.50 Å². The van der Waals surface area contributed by atoms with Crippen LogP contribution in [0, 0.1) is 17.3 Å². The Labute approximate surface area is 225 Å². The lowest BCUT2D eigenvalue weighted by Gasteiger charge is -2.43. The second-order valence-electron chi connectivity index (χ2n) is 12.1. The third kappa shape index (κ3) is 4.00. The molecule has 2 aromatic heterocycles. The van der Waals surface area contributed by atoms with Gasteiger partial charge in [0.05, 0.1) is 38.2 Å². The Kier molecular flexibility index (Phi) is 6.09. The maximum Gasteiger partial charge on any atom is 0.178 e. The minimum Gasteiger partial charge on any atom is -0.378 e. The number of piperidine rings is 1. The number of aromatic nitrogens is 3. The average molecular weight is 517 g/mol. The van der Waals surface area contributed by atoms with Crippen LogP contribution in [0.2, 0.25) is 0 Å². The molecule has 7 rings (SSSR count). The first-order chi connectivity index (χ1) is 18.5. The standard InChI is InChI=1S/C30H40N6O2/c1-20(2)27-28(23-14-25(35-10-12-37-13-11-35)29-31-19-32-36(29)16-23)33-26-5-4-22(15-30(26,27)3)21-6-8-34(9-7-21)24-17-38-18-24/h4-5,14,16,19-21,24,33H,6-13,15,17-18H2,1-3H3. The van der Waals surface area contributed by atoms with Crippen LogP contribution >= 0.6 is 0 Å². The first kappa shape index (κ1) is 24.4. The highest BCUT2D eigenvalue weighted by molar-refractivity contribution is 5.80. The smallest absolute Gasteiger partial charge is 0.178 e. The van der Waals surface area contributed by atoms with E-state index in [2.05, 4.69) is 70.4 Å². The molecule has 5 aliphatic rings. The predicted octanol–water partition coefficient (Wildman–Crippen LogP) is 3.87. The summed E-state index contributed by atoms with van der Waals surface area (Å²) in [6.07, 6.45) is 12.2. The molecule has 6 heterocycles. The number of rotatable bonds is 5. The van der Waals surface area contributed by atoms with E-state index in [1.165, 1.54) is 48.5 Å². The Balaban J connectivity index is 1.20. The largest absolute Gasteiger partial charge is 0.378 e. The van der Waals surface area contributed by atoms with E-state index in [1.807, 2.05) is 4.52 Å². The summed E-state index contributed by atoms with van der Waals surface area (Å²) in [5.74, 6) is 1.10. The Morgan fingerprint density at radius 2 is 1.84 bits per heavy atom. The number of nitrogens with one attached hydrogen (secondary N) is 1. The van der Waals surface area contributed by atoms with Crippen molar-refractivity contribution >= 4 is 17.0 Å². The van der Waals surface area contributed by atoms with Crippen molar-refractivity contribution in [2.24, 2.45) is 17.3 Å². The van der Waals surface area contributed by atoms with Crippen molar-refractivity contribution in [3.63, 3.8) is 0 Å². The van der Waals surface area contributed by atoms with Crippen LogP contribution in [-0.2, 0) is 9.47 Å². The number of likely N-dealkylation sites (tertiary alicyclic amines) is 1. The number of pyridine rings is 1. The van der Waals surface area contributed by atoms with E-state index >= 15 is 0 Å². The Morgan fingerprint density at radius 3 is 2.55 bits per heavy atom. The number of hydrogen-bond acceptors (Lipinski definition) is 7. The van der Waals surface area contributed by atoms with E-state index < -0.39 is 0 Å². The summed E-state index contributed by atoms with van der Waals surface area (Å²) in [6, 6.07) is 2.97. The lowest BCUT2D eigenvalue weighted by atomic mass is 9.67. The Bertz CT molecular complexity index is 1310. The Hall–Kier alpha value is -2.68. The van der Waals surface area contributed by atoms with Crippen molar-refractivity contribution in [2.45, 2.75) is 46.1 Å². The molecule has 8 heteroatoms. The number of anilines is 1. The van der Waals surface area contributed by atoms with Gasteiger partial charge in [0, 0.05) is 41.7 Å². The van der Waals surface area contributed by atoms with Gasteiger partial charge in [-0.2, -0.15) is 5.10 Å². The molecule has 0 aromatic carbocycles. The summed E-state index contributed by atoms with van der Waals surface area (Å²) in [7, 11) is 0. The number of nitrogens with zero attached hydrogens (tertiary/aromatic N) is 5. The normalized spacial score (nSPS) is 27.4. The number of morpholine rings is 1. The molecule has 4 aliphatic heterocycles. The molecule has 1 N–H and O–H groups in total. The van der Waals surface area contributed by atoms with Crippen LogP contribution in [0.3, 0.4) is 0 Å². The lowest BCUT2D eigenvalue weighted by molar-refractivity contribution is -0.0727. The van der Waals surface area contributed by atoms with E-state index in [0.717, 1.165) is 57.3 Å². The highest BCUT2D eigenvalue weighted by Gasteiger charge is 2.45. The molecule has 0 spiro atoms. The fraction of sp³-hybridized carbons (Fsp3) is 0.600. The molecule has 3 fully saturated rings. The quantitative estimate of drug-likeness (QED) is 0.647. The van der Waals surface area contributed by atoms with Crippen LogP contribution in [0.25, 0.3) is 11.3 Å². The molecule has 0 bridgehead atoms. The van der Waals surface area contributed by atoms with Crippen LogP contribution < -0.4 is 10.2 Å². The maximum absolute atomic E-state index is 5.63. The van der Waals surface area contributed by atoms with Gasteiger partial charge in [0.1, 0.15) is 6.33 Å². The van der Waals surface area contributed by atoms with Gasteiger partial charge in [0.2, 0.25) is 0 Å². The van der Waals surface area contributed by atoms with Crippen molar-refractivity contribution in [3.8, 4) is 0 Å². The van der Waals surface area contributed by atoms with Crippen molar-refractivity contribution in [1.82, 2.24) is 24.8 Å². The maximum atomic E-state index is 5.63. The average Bonchev–Trinajstić information content (AvgIpc) is 3.49. The summed E-state index contributed by atoms with van der Waals surface area (Å²) in [6.45, 7) is 14.6.